The number of hydrogen-bond acceptors (Lipinski definition) is 2. The second-order valence-electron chi connectivity index (χ2n) is 5.41. The first-order valence-corrected chi connectivity index (χ1v) is 7.18. The van der Waals surface area contributed by atoms with E-state index in [1.807, 2.05) is 6.92 Å². The molecular weight excluding hydrogens is 317 g/mol. The first-order chi connectivity index (χ1) is 11.3. The molecule has 24 heavy (non-hydrogen) atoms. The molecule has 0 fully saturated rings. The summed E-state index contributed by atoms with van der Waals surface area (Å²) in [6.45, 7) is 1.90. The van der Waals surface area contributed by atoms with Crippen molar-refractivity contribution in [2.45, 2.75) is 13.1 Å². The van der Waals surface area contributed by atoms with Gasteiger partial charge in [0.1, 0.15) is 0 Å². The molecule has 1 amide bonds. The van der Waals surface area contributed by atoms with Crippen molar-refractivity contribution in [2.24, 2.45) is 0 Å². The van der Waals surface area contributed by atoms with Crippen molar-refractivity contribution in [3.05, 3.63) is 71.4 Å². The Labute approximate surface area is 136 Å². The summed E-state index contributed by atoms with van der Waals surface area (Å²) in [5.41, 5.74) is 1.32. The number of anilines is 1. The van der Waals surface area contributed by atoms with Gasteiger partial charge in [-0.2, -0.15) is 13.2 Å². The molecule has 0 bridgehead atoms. The first-order valence-electron chi connectivity index (χ1n) is 7.18. The normalized spacial score (nSPS) is 11.5. The monoisotopic (exact) mass is 330 g/mol. The van der Waals surface area contributed by atoms with E-state index >= 15 is 0 Å². The van der Waals surface area contributed by atoms with Crippen LogP contribution in [-0.2, 0) is 6.18 Å². The second-order valence-corrected chi connectivity index (χ2v) is 5.41. The van der Waals surface area contributed by atoms with Gasteiger partial charge in [-0.25, -0.2) is 0 Å². The number of halogens is 3. The zero-order chi connectivity index (χ0) is 17.3. The average molecular weight is 330 g/mol. The van der Waals surface area contributed by atoms with E-state index in [0.717, 1.165) is 17.7 Å². The minimum Gasteiger partial charge on any atom is -0.321 e. The van der Waals surface area contributed by atoms with Crippen molar-refractivity contribution in [3.63, 3.8) is 0 Å². The number of aryl methyl sites for hydroxylation is 1. The lowest BCUT2D eigenvalue weighted by molar-refractivity contribution is -0.137. The number of fused-ring (bicyclic) bond motifs is 1. The Morgan fingerprint density at radius 2 is 1.75 bits per heavy atom. The van der Waals surface area contributed by atoms with Crippen LogP contribution in [0.1, 0.15) is 21.5 Å². The Balaban J connectivity index is 1.99. The number of aromatic nitrogens is 1. The molecule has 0 radical (unpaired) electrons. The summed E-state index contributed by atoms with van der Waals surface area (Å²) in [6, 6.07) is 11.6. The number of nitrogens with one attached hydrogen (secondary N) is 1. The molecule has 3 nitrogen and oxygen atoms in total. The van der Waals surface area contributed by atoms with Crippen LogP contribution < -0.4 is 5.32 Å². The molecule has 122 valence electrons. The fourth-order valence-electron chi connectivity index (χ4n) is 2.33. The maximum atomic E-state index is 12.9. The summed E-state index contributed by atoms with van der Waals surface area (Å²) in [7, 11) is 0. The average Bonchev–Trinajstić information content (AvgIpc) is 2.54. The van der Waals surface area contributed by atoms with Crippen molar-refractivity contribution in [3.8, 4) is 0 Å². The molecule has 0 spiro atoms. The van der Waals surface area contributed by atoms with E-state index in [2.05, 4.69) is 10.3 Å². The number of alkyl halides is 3. The van der Waals surface area contributed by atoms with Gasteiger partial charge in [0, 0.05) is 17.1 Å². The third kappa shape index (κ3) is 3.22. The molecule has 0 unspecified atom stereocenters. The number of nitrogens with zero attached hydrogens (tertiary/aromatic N) is 1. The Kier molecular flexibility index (Phi) is 3.97. The number of carbonyl (C=O) groups is 1. The third-order valence-electron chi connectivity index (χ3n) is 3.63. The maximum Gasteiger partial charge on any atom is 0.416 e. The molecule has 1 heterocycles. The highest BCUT2D eigenvalue weighted by molar-refractivity contribution is 6.08. The maximum absolute atomic E-state index is 12.9. The first kappa shape index (κ1) is 16.0. The minimum absolute atomic E-state index is 0.243. The van der Waals surface area contributed by atoms with E-state index < -0.39 is 11.7 Å². The highest BCUT2D eigenvalue weighted by Gasteiger charge is 2.30. The Morgan fingerprint density at radius 3 is 2.42 bits per heavy atom. The largest absolute Gasteiger partial charge is 0.416 e. The second kappa shape index (κ2) is 5.96. The molecule has 0 aliphatic rings. The topological polar surface area (TPSA) is 42.0 Å². The number of benzene rings is 2. The Hall–Kier alpha value is -2.89. The number of amides is 1. The molecular formula is C18H13F3N2O. The van der Waals surface area contributed by atoms with Crippen LogP contribution in [0.2, 0.25) is 0 Å². The van der Waals surface area contributed by atoms with E-state index in [9.17, 15) is 18.0 Å². The molecule has 1 N–H and O–H groups in total. The van der Waals surface area contributed by atoms with E-state index in [4.69, 9.17) is 0 Å². The van der Waals surface area contributed by atoms with Crippen molar-refractivity contribution in [2.75, 3.05) is 5.32 Å². The van der Waals surface area contributed by atoms with Gasteiger partial charge in [0.2, 0.25) is 0 Å². The van der Waals surface area contributed by atoms with Crippen LogP contribution in [0, 0.1) is 6.92 Å². The van der Waals surface area contributed by atoms with Crippen LogP contribution in [0.3, 0.4) is 0 Å². The molecule has 0 aliphatic carbocycles. The SMILES string of the molecule is Cc1ccc(C(=O)Nc2ccnc3ccc(C(F)(F)F)cc23)cc1. The minimum atomic E-state index is -4.46. The highest BCUT2D eigenvalue weighted by Crippen LogP contribution is 2.33. The van der Waals surface area contributed by atoms with Gasteiger partial charge in [0.25, 0.3) is 5.91 Å². The predicted octanol–water partition coefficient (Wildman–Crippen LogP) is 4.81. The van der Waals surface area contributed by atoms with Crippen molar-refractivity contribution < 1.29 is 18.0 Å². The summed E-state index contributed by atoms with van der Waals surface area (Å²) in [4.78, 5) is 16.3. The molecule has 0 saturated heterocycles. The van der Waals surface area contributed by atoms with E-state index in [1.165, 1.54) is 18.3 Å². The van der Waals surface area contributed by atoms with Gasteiger partial charge in [-0.05, 0) is 43.3 Å². The van der Waals surface area contributed by atoms with Crippen LogP contribution in [0.5, 0.6) is 0 Å². The molecule has 0 saturated carbocycles. The standard InChI is InChI=1S/C18H13F3N2O/c1-11-2-4-12(5-3-11)17(24)23-16-8-9-22-15-7-6-13(10-14(15)16)18(19,20)21/h2-10H,1H3,(H,22,23,24). The van der Waals surface area contributed by atoms with E-state index in [1.54, 1.807) is 24.3 Å². The fraction of sp³-hybridized carbons (Fsp3) is 0.111. The molecule has 1 aromatic heterocycles. The quantitative estimate of drug-likeness (QED) is 0.732. The Bertz CT molecular complexity index is 902. The number of pyridine rings is 1. The summed E-state index contributed by atoms with van der Waals surface area (Å²) >= 11 is 0. The lowest BCUT2D eigenvalue weighted by Gasteiger charge is -2.11. The predicted molar refractivity (Wildman–Crippen MR) is 85.9 cm³/mol. The van der Waals surface area contributed by atoms with Gasteiger partial charge in [0.15, 0.2) is 0 Å². The molecule has 0 atom stereocenters. The molecule has 3 aromatic rings. The zero-order valence-electron chi connectivity index (χ0n) is 12.7. The summed E-state index contributed by atoms with van der Waals surface area (Å²) in [5, 5.41) is 2.90. The number of hydrogen-bond donors (Lipinski definition) is 1. The van der Waals surface area contributed by atoms with Crippen molar-refractivity contribution >= 4 is 22.5 Å². The fourth-order valence-corrected chi connectivity index (χ4v) is 2.33. The lowest BCUT2D eigenvalue weighted by atomic mass is 10.1. The van der Waals surface area contributed by atoms with Crippen LogP contribution in [0.25, 0.3) is 10.9 Å². The molecule has 0 aliphatic heterocycles. The van der Waals surface area contributed by atoms with Gasteiger partial charge in [0.05, 0.1) is 16.8 Å². The third-order valence-corrected chi connectivity index (χ3v) is 3.63. The van der Waals surface area contributed by atoms with Crippen LogP contribution in [0.15, 0.2) is 54.7 Å². The number of rotatable bonds is 2. The summed E-state index contributed by atoms with van der Waals surface area (Å²) in [5.74, 6) is -0.389. The molecule has 3 rings (SSSR count). The smallest absolute Gasteiger partial charge is 0.321 e. The Morgan fingerprint density at radius 1 is 1.04 bits per heavy atom. The van der Waals surface area contributed by atoms with Gasteiger partial charge < -0.3 is 5.32 Å². The van der Waals surface area contributed by atoms with Crippen LogP contribution in [-0.4, -0.2) is 10.9 Å². The van der Waals surface area contributed by atoms with Gasteiger partial charge in [-0.3, -0.25) is 9.78 Å². The van der Waals surface area contributed by atoms with Crippen LogP contribution >= 0.6 is 0 Å². The zero-order valence-corrected chi connectivity index (χ0v) is 12.7. The molecule has 2 aromatic carbocycles. The van der Waals surface area contributed by atoms with Crippen molar-refractivity contribution in [1.29, 1.82) is 0 Å². The number of carbonyl (C=O) groups excluding carboxylic acids is 1. The highest BCUT2D eigenvalue weighted by atomic mass is 19.4. The summed E-state index contributed by atoms with van der Waals surface area (Å²) in [6.07, 6.45) is -3.01. The van der Waals surface area contributed by atoms with Crippen molar-refractivity contribution in [1.82, 2.24) is 4.98 Å². The summed E-state index contributed by atoms with van der Waals surface area (Å²) < 4.78 is 38.7. The van der Waals surface area contributed by atoms with Crippen LogP contribution in [0.4, 0.5) is 18.9 Å². The van der Waals surface area contributed by atoms with Gasteiger partial charge >= 0.3 is 6.18 Å². The molecule has 6 heteroatoms. The van der Waals surface area contributed by atoms with E-state index in [-0.39, 0.29) is 17.0 Å². The van der Waals surface area contributed by atoms with Gasteiger partial charge in [-0.15, -0.1) is 0 Å². The van der Waals surface area contributed by atoms with E-state index in [0.29, 0.717) is 11.1 Å². The van der Waals surface area contributed by atoms with Gasteiger partial charge in [-0.1, -0.05) is 17.7 Å². The lowest BCUT2D eigenvalue weighted by Crippen LogP contribution is -2.12.